The first-order valence-corrected chi connectivity index (χ1v) is 8.14. The van der Waals surface area contributed by atoms with Crippen molar-refractivity contribution in [1.82, 2.24) is 19.7 Å². The summed E-state index contributed by atoms with van der Waals surface area (Å²) in [5, 5.41) is 8.27. The maximum atomic E-state index is 4.27. The van der Waals surface area contributed by atoms with Gasteiger partial charge in [-0.3, -0.25) is 4.90 Å². The summed E-state index contributed by atoms with van der Waals surface area (Å²) in [6.07, 6.45) is 4.26. The molecule has 102 valence electrons. The molecule has 2 aromatic heterocycles. The summed E-state index contributed by atoms with van der Waals surface area (Å²) in [7, 11) is 2.03. The zero-order chi connectivity index (χ0) is 13.2. The van der Waals surface area contributed by atoms with E-state index in [1.165, 1.54) is 28.0 Å². The van der Waals surface area contributed by atoms with Gasteiger partial charge < -0.3 is 4.57 Å². The number of nitrogens with zero attached hydrogens (tertiary/aromatic N) is 4. The molecule has 0 N–H and O–H groups in total. The number of halogens is 1. The highest BCUT2D eigenvalue weighted by Gasteiger charge is 2.24. The van der Waals surface area contributed by atoms with Crippen LogP contribution in [0.5, 0.6) is 0 Å². The van der Waals surface area contributed by atoms with Gasteiger partial charge in [-0.1, -0.05) is 0 Å². The number of thiophene rings is 1. The third-order valence-corrected chi connectivity index (χ3v) is 5.23. The molecule has 0 amide bonds. The molecule has 1 unspecified atom stereocenters. The Kier molecular flexibility index (Phi) is 4.00. The van der Waals surface area contributed by atoms with Crippen molar-refractivity contribution in [3.8, 4) is 0 Å². The molecule has 1 atom stereocenters. The van der Waals surface area contributed by atoms with Crippen molar-refractivity contribution >= 4 is 27.3 Å². The van der Waals surface area contributed by atoms with E-state index in [2.05, 4.69) is 47.7 Å². The lowest BCUT2D eigenvalue weighted by molar-refractivity contribution is 0.196. The van der Waals surface area contributed by atoms with Crippen LogP contribution in [0.4, 0.5) is 0 Å². The quantitative estimate of drug-likeness (QED) is 0.861. The minimum Gasteiger partial charge on any atom is -0.320 e. The summed E-state index contributed by atoms with van der Waals surface area (Å²) in [5.41, 5.74) is 0. The number of likely N-dealkylation sites (tertiary alicyclic amines) is 1. The second kappa shape index (κ2) is 5.73. The summed E-state index contributed by atoms with van der Waals surface area (Å²) in [5.74, 6) is 1.64. The standard InChI is InChI=1S/C13H17BrN4S/c1-17-9-15-16-13(17)10-3-2-6-18(7-10)8-11-4-5-12(14)19-11/h4-5,9-10H,2-3,6-8H2,1H3. The fraction of sp³-hybridized carbons (Fsp3) is 0.538. The first kappa shape index (κ1) is 13.3. The van der Waals surface area contributed by atoms with Gasteiger partial charge >= 0.3 is 0 Å². The molecule has 0 bridgehead atoms. The molecule has 0 saturated carbocycles. The Morgan fingerprint density at radius 3 is 3.05 bits per heavy atom. The molecule has 6 heteroatoms. The first-order chi connectivity index (χ1) is 9.22. The Hall–Kier alpha value is -0.720. The molecule has 4 nitrogen and oxygen atoms in total. The predicted octanol–water partition coefficient (Wildman–Crippen LogP) is 3.02. The largest absolute Gasteiger partial charge is 0.320 e. The fourth-order valence-electron chi connectivity index (χ4n) is 2.73. The van der Waals surface area contributed by atoms with Gasteiger partial charge in [0.2, 0.25) is 0 Å². The molecule has 1 aliphatic heterocycles. The summed E-state index contributed by atoms with van der Waals surface area (Å²) in [6.45, 7) is 3.32. The van der Waals surface area contributed by atoms with Crippen LogP contribution in [0.25, 0.3) is 0 Å². The Balaban J connectivity index is 1.66. The van der Waals surface area contributed by atoms with Gasteiger partial charge in [0.15, 0.2) is 0 Å². The summed E-state index contributed by atoms with van der Waals surface area (Å²) in [6, 6.07) is 4.34. The third kappa shape index (κ3) is 3.07. The molecule has 0 aliphatic carbocycles. The molecular formula is C13H17BrN4S. The van der Waals surface area contributed by atoms with Crippen LogP contribution in [0.3, 0.4) is 0 Å². The number of aryl methyl sites for hydroxylation is 1. The second-order valence-corrected chi connectivity index (χ2v) is 7.63. The van der Waals surface area contributed by atoms with Gasteiger partial charge in [0, 0.05) is 30.9 Å². The molecule has 19 heavy (non-hydrogen) atoms. The van der Waals surface area contributed by atoms with Crippen molar-refractivity contribution in [3.05, 3.63) is 32.9 Å². The molecular weight excluding hydrogens is 324 g/mol. The van der Waals surface area contributed by atoms with Gasteiger partial charge in [0.1, 0.15) is 12.2 Å². The Labute approximate surface area is 125 Å². The average Bonchev–Trinajstić information content (AvgIpc) is 2.99. The Morgan fingerprint density at radius 2 is 2.37 bits per heavy atom. The maximum absolute atomic E-state index is 4.27. The monoisotopic (exact) mass is 340 g/mol. The van der Waals surface area contributed by atoms with Crippen LogP contribution in [0.15, 0.2) is 22.2 Å². The van der Waals surface area contributed by atoms with E-state index in [9.17, 15) is 0 Å². The SMILES string of the molecule is Cn1cnnc1C1CCCN(Cc2ccc(Br)s2)C1. The van der Waals surface area contributed by atoms with E-state index in [1.807, 2.05) is 18.4 Å². The van der Waals surface area contributed by atoms with Gasteiger partial charge in [-0.05, 0) is 47.4 Å². The molecule has 3 rings (SSSR count). The van der Waals surface area contributed by atoms with Gasteiger partial charge in [0.25, 0.3) is 0 Å². The van der Waals surface area contributed by atoms with Crippen LogP contribution in [-0.4, -0.2) is 32.8 Å². The Morgan fingerprint density at radius 1 is 1.47 bits per heavy atom. The summed E-state index contributed by atoms with van der Waals surface area (Å²) >= 11 is 5.35. The number of rotatable bonds is 3. The van der Waals surface area contributed by atoms with Crippen LogP contribution < -0.4 is 0 Å². The van der Waals surface area contributed by atoms with Crippen LogP contribution >= 0.6 is 27.3 Å². The van der Waals surface area contributed by atoms with Gasteiger partial charge in [0.05, 0.1) is 3.79 Å². The van der Waals surface area contributed by atoms with Crippen molar-refractivity contribution in [2.24, 2.45) is 7.05 Å². The first-order valence-electron chi connectivity index (χ1n) is 6.53. The normalized spacial score (nSPS) is 20.8. The van der Waals surface area contributed by atoms with Crippen LogP contribution in [0, 0.1) is 0 Å². The molecule has 0 radical (unpaired) electrons. The van der Waals surface area contributed by atoms with Crippen LogP contribution in [0.1, 0.15) is 29.5 Å². The highest BCUT2D eigenvalue weighted by molar-refractivity contribution is 9.11. The minimum absolute atomic E-state index is 0.518. The van der Waals surface area contributed by atoms with E-state index in [1.54, 1.807) is 6.33 Å². The summed E-state index contributed by atoms with van der Waals surface area (Å²) < 4.78 is 3.26. The number of hydrogen-bond acceptors (Lipinski definition) is 4. The second-order valence-electron chi connectivity index (χ2n) is 5.08. The molecule has 0 aromatic carbocycles. The van der Waals surface area contributed by atoms with Gasteiger partial charge in [-0.25, -0.2) is 0 Å². The van der Waals surface area contributed by atoms with Gasteiger partial charge in [-0.15, -0.1) is 21.5 Å². The highest BCUT2D eigenvalue weighted by atomic mass is 79.9. The molecule has 1 aliphatic rings. The molecule has 1 saturated heterocycles. The number of piperidine rings is 1. The minimum atomic E-state index is 0.518. The third-order valence-electron chi connectivity index (χ3n) is 3.63. The van der Waals surface area contributed by atoms with E-state index in [0.29, 0.717) is 5.92 Å². The maximum Gasteiger partial charge on any atom is 0.136 e. The lowest BCUT2D eigenvalue weighted by Gasteiger charge is -2.31. The lowest BCUT2D eigenvalue weighted by atomic mass is 9.97. The van der Waals surface area contributed by atoms with Crippen molar-refractivity contribution in [2.45, 2.75) is 25.3 Å². The van der Waals surface area contributed by atoms with E-state index in [4.69, 9.17) is 0 Å². The fourth-order valence-corrected chi connectivity index (χ4v) is 4.25. The molecule has 1 fully saturated rings. The Bertz CT molecular complexity index is 550. The number of hydrogen-bond donors (Lipinski definition) is 0. The lowest BCUT2D eigenvalue weighted by Crippen LogP contribution is -2.34. The van der Waals surface area contributed by atoms with Crippen molar-refractivity contribution < 1.29 is 0 Å². The summed E-state index contributed by atoms with van der Waals surface area (Å²) in [4.78, 5) is 3.95. The van der Waals surface area contributed by atoms with Crippen molar-refractivity contribution in [1.29, 1.82) is 0 Å². The van der Waals surface area contributed by atoms with E-state index in [-0.39, 0.29) is 0 Å². The van der Waals surface area contributed by atoms with Crippen LogP contribution in [0.2, 0.25) is 0 Å². The predicted molar refractivity (Wildman–Crippen MR) is 80.3 cm³/mol. The van der Waals surface area contributed by atoms with E-state index >= 15 is 0 Å². The zero-order valence-electron chi connectivity index (χ0n) is 10.9. The topological polar surface area (TPSA) is 34.0 Å². The average molecular weight is 341 g/mol. The van der Waals surface area contributed by atoms with Crippen LogP contribution in [-0.2, 0) is 13.6 Å². The van der Waals surface area contributed by atoms with Crippen molar-refractivity contribution in [2.75, 3.05) is 13.1 Å². The van der Waals surface area contributed by atoms with Gasteiger partial charge in [-0.2, -0.15) is 0 Å². The highest BCUT2D eigenvalue weighted by Crippen LogP contribution is 2.28. The zero-order valence-corrected chi connectivity index (χ0v) is 13.3. The molecule has 3 heterocycles. The molecule has 0 spiro atoms. The van der Waals surface area contributed by atoms with E-state index < -0.39 is 0 Å². The smallest absolute Gasteiger partial charge is 0.136 e. The number of aromatic nitrogens is 3. The molecule has 2 aromatic rings. The van der Waals surface area contributed by atoms with Crippen molar-refractivity contribution in [3.63, 3.8) is 0 Å². The van der Waals surface area contributed by atoms with E-state index in [0.717, 1.165) is 18.9 Å².